The summed E-state index contributed by atoms with van der Waals surface area (Å²) in [5.41, 5.74) is 0.653. The first kappa shape index (κ1) is 17.6. The van der Waals surface area contributed by atoms with Crippen molar-refractivity contribution >= 4 is 46.8 Å². The molecule has 1 aliphatic heterocycles. The molecule has 0 fully saturated rings. The van der Waals surface area contributed by atoms with E-state index in [0.717, 1.165) is 4.90 Å². The Morgan fingerprint density at radius 3 is 2.87 bits per heavy atom. The van der Waals surface area contributed by atoms with Crippen LogP contribution in [0.4, 0.5) is 5.69 Å². The molecule has 0 saturated carbocycles. The monoisotopic (exact) mass is 355 g/mol. The van der Waals surface area contributed by atoms with E-state index >= 15 is 0 Å². The molecule has 0 radical (unpaired) electrons. The predicted octanol–water partition coefficient (Wildman–Crippen LogP) is 1.78. The van der Waals surface area contributed by atoms with E-state index in [1.165, 1.54) is 11.8 Å². The number of benzene rings is 1. The second-order valence-electron chi connectivity index (χ2n) is 5.12. The molecule has 8 heteroatoms. The first-order valence-corrected chi connectivity index (χ1v) is 8.50. The van der Waals surface area contributed by atoms with Gasteiger partial charge in [-0.25, -0.2) is 0 Å². The van der Waals surface area contributed by atoms with E-state index in [9.17, 15) is 14.4 Å². The van der Waals surface area contributed by atoms with Gasteiger partial charge in [-0.05, 0) is 32.0 Å². The Labute approximate surface area is 143 Å². The zero-order valence-electron chi connectivity index (χ0n) is 12.8. The molecule has 1 heterocycles. The normalized spacial score (nSPS) is 17.7. The lowest BCUT2D eigenvalue weighted by Crippen LogP contribution is -2.46. The van der Waals surface area contributed by atoms with Crippen molar-refractivity contribution in [1.29, 1.82) is 0 Å². The van der Waals surface area contributed by atoms with Gasteiger partial charge in [0.05, 0.1) is 10.9 Å². The van der Waals surface area contributed by atoms with Crippen molar-refractivity contribution in [2.24, 2.45) is 0 Å². The molecule has 23 heavy (non-hydrogen) atoms. The smallest absolute Gasteiger partial charge is 0.242 e. The number of hydrogen-bond donors (Lipinski definition) is 3. The van der Waals surface area contributed by atoms with Gasteiger partial charge in [-0.15, -0.1) is 11.8 Å². The van der Waals surface area contributed by atoms with Gasteiger partial charge in [-0.1, -0.05) is 11.6 Å². The van der Waals surface area contributed by atoms with Crippen molar-refractivity contribution in [3.63, 3.8) is 0 Å². The maximum atomic E-state index is 12.1. The summed E-state index contributed by atoms with van der Waals surface area (Å²) in [6, 6.07) is 4.59. The number of anilines is 1. The summed E-state index contributed by atoms with van der Waals surface area (Å²) >= 11 is 7.21. The third kappa shape index (κ3) is 4.62. The van der Waals surface area contributed by atoms with Gasteiger partial charge in [-0.2, -0.15) is 0 Å². The first-order chi connectivity index (χ1) is 10.9. The van der Waals surface area contributed by atoms with Gasteiger partial charge >= 0.3 is 0 Å². The molecule has 2 atom stereocenters. The average Bonchev–Trinajstić information content (AvgIpc) is 2.48. The van der Waals surface area contributed by atoms with Crippen molar-refractivity contribution in [3.8, 4) is 0 Å². The average molecular weight is 356 g/mol. The maximum absolute atomic E-state index is 12.1. The van der Waals surface area contributed by atoms with E-state index < -0.39 is 11.3 Å². The lowest BCUT2D eigenvalue weighted by atomic mass is 10.2. The van der Waals surface area contributed by atoms with E-state index in [1.807, 2.05) is 6.07 Å². The predicted molar refractivity (Wildman–Crippen MR) is 90.6 cm³/mol. The largest absolute Gasteiger partial charge is 0.355 e. The molecule has 0 saturated heterocycles. The Kier molecular flexibility index (Phi) is 5.90. The number of rotatable bonds is 5. The fraction of sp³-hybridized carbons (Fsp3) is 0.400. The van der Waals surface area contributed by atoms with Gasteiger partial charge in [-0.3, -0.25) is 14.4 Å². The maximum Gasteiger partial charge on any atom is 0.242 e. The highest BCUT2D eigenvalue weighted by atomic mass is 35.5. The molecule has 6 nitrogen and oxygen atoms in total. The number of fused-ring (bicyclic) bond motifs is 1. The van der Waals surface area contributed by atoms with Gasteiger partial charge in [0.2, 0.25) is 17.7 Å². The highest BCUT2D eigenvalue weighted by molar-refractivity contribution is 8.01. The topological polar surface area (TPSA) is 87.3 Å². The molecule has 0 unspecified atom stereocenters. The Bertz CT molecular complexity index is 638. The van der Waals surface area contributed by atoms with Gasteiger partial charge in [0.15, 0.2) is 0 Å². The van der Waals surface area contributed by atoms with Crippen molar-refractivity contribution in [2.75, 3.05) is 11.9 Å². The van der Waals surface area contributed by atoms with Crippen molar-refractivity contribution in [3.05, 3.63) is 23.2 Å². The second-order valence-corrected chi connectivity index (χ2v) is 6.81. The van der Waals surface area contributed by atoms with Crippen molar-refractivity contribution in [2.45, 2.75) is 36.5 Å². The van der Waals surface area contributed by atoms with Crippen LogP contribution in [0.5, 0.6) is 0 Å². The quantitative estimate of drug-likeness (QED) is 0.751. The Morgan fingerprint density at radius 2 is 2.17 bits per heavy atom. The number of likely N-dealkylation sites (N-methyl/N-ethyl adjacent to an activating group) is 1. The van der Waals surface area contributed by atoms with E-state index in [1.54, 1.807) is 26.0 Å². The number of hydrogen-bond acceptors (Lipinski definition) is 4. The van der Waals surface area contributed by atoms with Crippen LogP contribution >= 0.6 is 23.4 Å². The molecular weight excluding hydrogens is 338 g/mol. The fourth-order valence-electron chi connectivity index (χ4n) is 2.12. The van der Waals surface area contributed by atoms with Crippen LogP contribution in [0, 0.1) is 0 Å². The van der Waals surface area contributed by atoms with Crippen LogP contribution in [-0.4, -0.2) is 35.6 Å². The fourth-order valence-corrected chi connectivity index (χ4v) is 3.38. The highest BCUT2D eigenvalue weighted by Gasteiger charge is 2.29. The molecule has 1 aromatic carbocycles. The van der Waals surface area contributed by atoms with E-state index in [-0.39, 0.29) is 24.1 Å². The Balaban J connectivity index is 1.95. The first-order valence-electron chi connectivity index (χ1n) is 7.25. The zero-order chi connectivity index (χ0) is 17.0. The third-order valence-corrected chi connectivity index (χ3v) is 4.76. The van der Waals surface area contributed by atoms with E-state index in [2.05, 4.69) is 16.0 Å². The number of nitrogens with one attached hydrogen (secondary N) is 3. The third-order valence-electron chi connectivity index (χ3n) is 3.25. The highest BCUT2D eigenvalue weighted by Crippen LogP contribution is 2.38. The summed E-state index contributed by atoms with van der Waals surface area (Å²) in [7, 11) is 0. The summed E-state index contributed by atoms with van der Waals surface area (Å²) in [5, 5.41) is 7.98. The van der Waals surface area contributed by atoms with Crippen LogP contribution < -0.4 is 16.0 Å². The van der Waals surface area contributed by atoms with Crippen LogP contribution in [0.2, 0.25) is 5.02 Å². The van der Waals surface area contributed by atoms with E-state index in [0.29, 0.717) is 17.3 Å². The van der Waals surface area contributed by atoms with Crippen molar-refractivity contribution in [1.82, 2.24) is 10.6 Å². The Morgan fingerprint density at radius 1 is 1.43 bits per heavy atom. The number of thioether (sulfide) groups is 1. The molecule has 3 amide bonds. The SMILES string of the molecule is CCNC(=O)[C@@H](C)NC(=O)C[C@H]1Sc2ccc(Cl)cc2NC1=O. The summed E-state index contributed by atoms with van der Waals surface area (Å²) in [6.45, 7) is 3.91. The minimum atomic E-state index is -0.634. The zero-order valence-corrected chi connectivity index (χ0v) is 14.4. The van der Waals surface area contributed by atoms with Crippen LogP contribution in [0.3, 0.4) is 0 Å². The number of halogens is 1. The second kappa shape index (κ2) is 7.70. The van der Waals surface area contributed by atoms with Crippen LogP contribution in [0.15, 0.2) is 23.1 Å². The molecule has 0 aromatic heterocycles. The number of amides is 3. The molecule has 0 spiro atoms. The molecule has 1 aliphatic rings. The van der Waals surface area contributed by atoms with Gasteiger partial charge in [0.25, 0.3) is 0 Å². The summed E-state index contributed by atoms with van der Waals surface area (Å²) in [4.78, 5) is 36.6. The minimum absolute atomic E-state index is 0.00229. The van der Waals surface area contributed by atoms with E-state index in [4.69, 9.17) is 11.6 Å². The summed E-state index contributed by atoms with van der Waals surface area (Å²) in [6.07, 6.45) is 0.00229. The van der Waals surface area contributed by atoms with Gasteiger partial charge in [0.1, 0.15) is 6.04 Å². The lowest BCUT2D eigenvalue weighted by molar-refractivity contribution is -0.129. The Hall–Kier alpha value is -1.73. The lowest BCUT2D eigenvalue weighted by Gasteiger charge is -2.24. The molecule has 1 aromatic rings. The standard InChI is InChI=1S/C15H18ClN3O3S/c1-3-17-14(21)8(2)18-13(20)7-12-15(22)19-10-6-9(16)4-5-11(10)23-12/h4-6,8,12H,3,7H2,1-2H3,(H,17,21)(H,18,20)(H,19,22)/t8-,12-/m1/s1. The molecular formula is C15H18ClN3O3S. The van der Waals surface area contributed by atoms with Crippen molar-refractivity contribution < 1.29 is 14.4 Å². The van der Waals surface area contributed by atoms with Crippen LogP contribution in [0.1, 0.15) is 20.3 Å². The number of carbonyl (C=O) groups is 3. The molecule has 0 aliphatic carbocycles. The molecule has 2 rings (SSSR count). The van der Waals surface area contributed by atoms with Crippen LogP contribution in [0.25, 0.3) is 0 Å². The summed E-state index contributed by atoms with van der Waals surface area (Å²) < 4.78 is 0. The minimum Gasteiger partial charge on any atom is -0.355 e. The van der Waals surface area contributed by atoms with Gasteiger partial charge in [0, 0.05) is 22.9 Å². The molecule has 3 N–H and O–H groups in total. The van der Waals surface area contributed by atoms with Crippen LogP contribution in [-0.2, 0) is 14.4 Å². The van der Waals surface area contributed by atoms with Gasteiger partial charge < -0.3 is 16.0 Å². The summed E-state index contributed by atoms with van der Waals surface area (Å²) in [5.74, 6) is -0.832. The molecule has 124 valence electrons. The molecule has 0 bridgehead atoms. The number of carbonyl (C=O) groups excluding carboxylic acids is 3.